The summed E-state index contributed by atoms with van der Waals surface area (Å²) in [6.45, 7) is 3.17. The Bertz CT molecular complexity index is 548. The zero-order valence-corrected chi connectivity index (χ0v) is 13.4. The van der Waals surface area contributed by atoms with E-state index in [1.807, 2.05) is 6.92 Å². The molecule has 1 aliphatic heterocycles. The Labute approximate surface area is 134 Å². The minimum atomic E-state index is -0.418. The average Bonchev–Trinajstić information content (AvgIpc) is 2.96. The Hall–Kier alpha value is -1.26. The second-order valence-corrected chi connectivity index (χ2v) is 5.92. The molecule has 21 heavy (non-hydrogen) atoms. The second kappa shape index (κ2) is 7.14. The van der Waals surface area contributed by atoms with Crippen LogP contribution in [0.3, 0.4) is 0 Å². The molecule has 0 saturated carbocycles. The summed E-state index contributed by atoms with van der Waals surface area (Å²) in [4.78, 5) is 26.3. The number of halogens is 2. The minimum absolute atomic E-state index is 0.0964. The predicted molar refractivity (Wildman–Crippen MR) is 83.8 cm³/mol. The van der Waals surface area contributed by atoms with Gasteiger partial charge in [-0.1, -0.05) is 30.1 Å². The van der Waals surface area contributed by atoms with Gasteiger partial charge >= 0.3 is 0 Å². The van der Waals surface area contributed by atoms with Crippen LogP contribution >= 0.6 is 23.2 Å². The van der Waals surface area contributed by atoms with Gasteiger partial charge in [-0.3, -0.25) is 9.59 Å². The highest BCUT2D eigenvalue weighted by Crippen LogP contribution is 2.26. The molecule has 114 valence electrons. The van der Waals surface area contributed by atoms with E-state index in [0.717, 1.165) is 12.8 Å². The van der Waals surface area contributed by atoms with Gasteiger partial charge in [0, 0.05) is 18.1 Å². The maximum absolute atomic E-state index is 12.6. The molecule has 1 N–H and O–H groups in total. The first kappa shape index (κ1) is 16.1. The summed E-state index contributed by atoms with van der Waals surface area (Å²) in [6, 6.07) is 4.36. The molecule has 1 unspecified atom stereocenters. The summed E-state index contributed by atoms with van der Waals surface area (Å²) in [5.41, 5.74) is 0.347. The summed E-state index contributed by atoms with van der Waals surface area (Å²) in [7, 11) is 0. The van der Waals surface area contributed by atoms with Crippen LogP contribution in [0, 0.1) is 0 Å². The van der Waals surface area contributed by atoms with Crippen LogP contribution in [0.25, 0.3) is 0 Å². The summed E-state index contributed by atoms with van der Waals surface area (Å²) < 4.78 is 0. The summed E-state index contributed by atoms with van der Waals surface area (Å²) in [5, 5.41) is 3.65. The van der Waals surface area contributed by atoms with Crippen LogP contribution in [0.2, 0.25) is 10.0 Å². The topological polar surface area (TPSA) is 49.4 Å². The fourth-order valence-corrected chi connectivity index (χ4v) is 2.83. The number of rotatable bonds is 4. The Balaban J connectivity index is 2.17. The monoisotopic (exact) mass is 328 g/mol. The third-order valence-corrected chi connectivity index (χ3v) is 4.09. The number of likely N-dealkylation sites (tertiary alicyclic amines) is 1. The van der Waals surface area contributed by atoms with Gasteiger partial charge < -0.3 is 10.2 Å². The first-order chi connectivity index (χ1) is 10.0. The molecule has 2 rings (SSSR count). The lowest BCUT2D eigenvalue weighted by molar-refractivity contribution is -0.124. The minimum Gasteiger partial charge on any atom is -0.354 e. The zero-order valence-electron chi connectivity index (χ0n) is 11.9. The molecule has 1 heterocycles. The van der Waals surface area contributed by atoms with Crippen molar-refractivity contribution in [1.29, 1.82) is 0 Å². The van der Waals surface area contributed by atoms with Crippen molar-refractivity contribution < 1.29 is 9.59 Å². The molecule has 6 heteroatoms. The van der Waals surface area contributed by atoms with E-state index < -0.39 is 6.04 Å². The molecule has 4 nitrogen and oxygen atoms in total. The molecule has 0 bridgehead atoms. The number of nitrogens with zero attached hydrogens (tertiary/aromatic N) is 1. The van der Waals surface area contributed by atoms with Crippen molar-refractivity contribution >= 4 is 35.0 Å². The molecule has 1 aromatic carbocycles. The first-order valence-electron chi connectivity index (χ1n) is 7.08. The third-order valence-electron chi connectivity index (χ3n) is 3.52. The lowest BCUT2D eigenvalue weighted by Crippen LogP contribution is -2.46. The fraction of sp³-hybridized carbons (Fsp3) is 0.467. The molecule has 0 spiro atoms. The van der Waals surface area contributed by atoms with Crippen LogP contribution in [-0.2, 0) is 4.79 Å². The lowest BCUT2D eigenvalue weighted by atomic mass is 10.1. The number of hydrogen-bond acceptors (Lipinski definition) is 2. The Morgan fingerprint density at radius 3 is 2.86 bits per heavy atom. The van der Waals surface area contributed by atoms with Crippen molar-refractivity contribution in [3.8, 4) is 0 Å². The SMILES string of the molecule is CCCNC(=O)C1CCCN1C(=O)c1cc(Cl)ccc1Cl. The molecule has 1 aliphatic rings. The van der Waals surface area contributed by atoms with E-state index >= 15 is 0 Å². The quantitative estimate of drug-likeness (QED) is 0.923. The van der Waals surface area contributed by atoms with Crippen molar-refractivity contribution in [2.75, 3.05) is 13.1 Å². The average molecular weight is 329 g/mol. The van der Waals surface area contributed by atoms with Gasteiger partial charge in [0.25, 0.3) is 5.91 Å². The van der Waals surface area contributed by atoms with E-state index in [1.165, 1.54) is 0 Å². The highest BCUT2D eigenvalue weighted by molar-refractivity contribution is 6.35. The summed E-state index contributed by atoms with van der Waals surface area (Å²) in [6.07, 6.45) is 2.36. The van der Waals surface area contributed by atoms with Crippen LogP contribution < -0.4 is 5.32 Å². The van der Waals surface area contributed by atoms with Crippen LogP contribution in [0.5, 0.6) is 0 Å². The molecule has 1 saturated heterocycles. The van der Waals surface area contributed by atoms with Crippen molar-refractivity contribution in [3.05, 3.63) is 33.8 Å². The Morgan fingerprint density at radius 2 is 2.14 bits per heavy atom. The number of carbonyl (C=O) groups is 2. The largest absolute Gasteiger partial charge is 0.354 e. The lowest BCUT2D eigenvalue weighted by Gasteiger charge is -2.24. The van der Waals surface area contributed by atoms with Crippen LogP contribution in [0.1, 0.15) is 36.5 Å². The highest BCUT2D eigenvalue weighted by atomic mass is 35.5. The molecule has 1 aromatic rings. The fourth-order valence-electron chi connectivity index (χ4n) is 2.46. The van der Waals surface area contributed by atoms with E-state index in [-0.39, 0.29) is 11.8 Å². The summed E-state index contributed by atoms with van der Waals surface area (Å²) >= 11 is 12.0. The van der Waals surface area contributed by atoms with Gasteiger partial charge in [0.1, 0.15) is 6.04 Å². The molecule has 0 aliphatic carbocycles. The Kier molecular flexibility index (Phi) is 5.48. The number of benzene rings is 1. The van der Waals surface area contributed by atoms with Crippen molar-refractivity contribution in [2.24, 2.45) is 0 Å². The van der Waals surface area contributed by atoms with Gasteiger partial charge in [-0.2, -0.15) is 0 Å². The van der Waals surface area contributed by atoms with Gasteiger partial charge in [-0.25, -0.2) is 0 Å². The normalized spacial score (nSPS) is 17.9. The molecule has 1 fully saturated rings. The van der Waals surface area contributed by atoms with E-state index in [9.17, 15) is 9.59 Å². The Morgan fingerprint density at radius 1 is 1.38 bits per heavy atom. The van der Waals surface area contributed by atoms with Crippen LogP contribution in [-0.4, -0.2) is 35.8 Å². The molecule has 0 aromatic heterocycles. The van der Waals surface area contributed by atoms with Gasteiger partial charge in [-0.05, 0) is 37.5 Å². The van der Waals surface area contributed by atoms with Crippen molar-refractivity contribution in [1.82, 2.24) is 10.2 Å². The third kappa shape index (κ3) is 3.69. The molecule has 0 radical (unpaired) electrons. The summed E-state index contributed by atoms with van der Waals surface area (Å²) in [5.74, 6) is -0.336. The first-order valence-corrected chi connectivity index (χ1v) is 7.84. The van der Waals surface area contributed by atoms with Gasteiger partial charge in [-0.15, -0.1) is 0 Å². The van der Waals surface area contributed by atoms with Gasteiger partial charge in [0.2, 0.25) is 5.91 Å². The van der Waals surface area contributed by atoms with E-state index in [0.29, 0.717) is 35.1 Å². The van der Waals surface area contributed by atoms with E-state index in [2.05, 4.69) is 5.32 Å². The van der Waals surface area contributed by atoms with Crippen molar-refractivity contribution in [3.63, 3.8) is 0 Å². The standard InChI is InChI=1S/C15H18Cl2N2O2/c1-2-7-18-14(20)13-4-3-8-19(13)15(21)11-9-10(16)5-6-12(11)17/h5-6,9,13H,2-4,7-8H2,1H3,(H,18,20). The molecular weight excluding hydrogens is 311 g/mol. The molecule has 2 amide bonds. The van der Waals surface area contributed by atoms with Crippen molar-refractivity contribution in [2.45, 2.75) is 32.2 Å². The number of amides is 2. The van der Waals surface area contributed by atoms with Crippen LogP contribution in [0.4, 0.5) is 0 Å². The van der Waals surface area contributed by atoms with E-state index in [4.69, 9.17) is 23.2 Å². The predicted octanol–water partition coefficient (Wildman–Crippen LogP) is 3.12. The van der Waals surface area contributed by atoms with Crippen LogP contribution in [0.15, 0.2) is 18.2 Å². The number of hydrogen-bond donors (Lipinski definition) is 1. The maximum Gasteiger partial charge on any atom is 0.256 e. The van der Waals surface area contributed by atoms with Gasteiger partial charge in [0.05, 0.1) is 10.6 Å². The maximum atomic E-state index is 12.6. The molecular formula is C15H18Cl2N2O2. The number of nitrogens with one attached hydrogen (secondary N) is 1. The molecule has 1 atom stereocenters. The smallest absolute Gasteiger partial charge is 0.256 e. The van der Waals surface area contributed by atoms with E-state index in [1.54, 1.807) is 23.1 Å². The van der Waals surface area contributed by atoms with Gasteiger partial charge in [0.15, 0.2) is 0 Å². The highest BCUT2D eigenvalue weighted by Gasteiger charge is 2.34. The second-order valence-electron chi connectivity index (χ2n) is 5.07. The zero-order chi connectivity index (χ0) is 15.4. The number of carbonyl (C=O) groups excluding carboxylic acids is 2.